The molecule has 0 atom stereocenters. The molecule has 3 N–H and O–H groups in total. The molecule has 3 aromatic rings. The van der Waals surface area contributed by atoms with E-state index in [-0.39, 0.29) is 11.5 Å². The van der Waals surface area contributed by atoms with E-state index in [1.165, 1.54) is 31.5 Å². The highest BCUT2D eigenvalue weighted by Crippen LogP contribution is 2.32. The van der Waals surface area contributed by atoms with Gasteiger partial charge in [-0.2, -0.15) is 10.2 Å². The van der Waals surface area contributed by atoms with E-state index in [0.29, 0.717) is 28.3 Å². The van der Waals surface area contributed by atoms with Crippen LogP contribution in [0.25, 0.3) is 11.3 Å². The lowest BCUT2D eigenvalue weighted by molar-refractivity contribution is 0.0954. The molecule has 0 bridgehead atoms. The fourth-order valence-corrected chi connectivity index (χ4v) is 2.66. The first-order valence-corrected chi connectivity index (χ1v) is 8.53. The summed E-state index contributed by atoms with van der Waals surface area (Å²) in [4.78, 5) is 12.2. The number of aromatic amines is 1. The highest BCUT2D eigenvalue weighted by Gasteiger charge is 2.12. The molecule has 29 heavy (non-hydrogen) atoms. The van der Waals surface area contributed by atoms with Crippen molar-refractivity contribution >= 4 is 12.1 Å². The molecule has 0 fully saturated rings. The molecule has 9 heteroatoms. The number of methoxy groups -OCH3 is 3. The van der Waals surface area contributed by atoms with E-state index >= 15 is 0 Å². The molecular formula is C20H20N4O5. The van der Waals surface area contributed by atoms with Crippen molar-refractivity contribution in [2.75, 3.05) is 21.3 Å². The zero-order valence-corrected chi connectivity index (χ0v) is 16.1. The minimum atomic E-state index is -0.448. The van der Waals surface area contributed by atoms with Crippen LogP contribution < -0.4 is 19.6 Å². The molecule has 1 aromatic heterocycles. The number of aromatic nitrogens is 2. The summed E-state index contributed by atoms with van der Waals surface area (Å²) in [6.45, 7) is 0. The number of rotatable bonds is 7. The Morgan fingerprint density at radius 3 is 2.55 bits per heavy atom. The predicted octanol–water partition coefficient (Wildman–Crippen LogP) is 2.57. The number of carbonyl (C=O) groups is 1. The van der Waals surface area contributed by atoms with Gasteiger partial charge in [-0.05, 0) is 36.4 Å². The van der Waals surface area contributed by atoms with Crippen molar-refractivity contribution in [1.29, 1.82) is 0 Å². The first-order valence-electron chi connectivity index (χ1n) is 8.53. The fraction of sp³-hybridized carbons (Fsp3) is 0.150. The van der Waals surface area contributed by atoms with E-state index in [0.717, 1.165) is 5.56 Å². The van der Waals surface area contributed by atoms with Crippen LogP contribution in [0, 0.1) is 0 Å². The lowest BCUT2D eigenvalue weighted by Crippen LogP contribution is -2.17. The SMILES string of the molecule is COc1cc(C(=O)NN=Cc2cn[nH]c2-c2ccc(OC)c(OC)c2)ccc1O. The van der Waals surface area contributed by atoms with Gasteiger partial charge in [0, 0.05) is 16.7 Å². The molecular weight excluding hydrogens is 376 g/mol. The zero-order valence-electron chi connectivity index (χ0n) is 16.1. The van der Waals surface area contributed by atoms with Gasteiger partial charge in [-0.3, -0.25) is 9.89 Å². The van der Waals surface area contributed by atoms with Crippen LogP contribution in [0.2, 0.25) is 0 Å². The smallest absolute Gasteiger partial charge is 0.271 e. The van der Waals surface area contributed by atoms with E-state index in [9.17, 15) is 9.90 Å². The van der Waals surface area contributed by atoms with E-state index < -0.39 is 5.91 Å². The Morgan fingerprint density at radius 2 is 1.83 bits per heavy atom. The molecule has 0 saturated heterocycles. The van der Waals surface area contributed by atoms with E-state index in [1.54, 1.807) is 26.5 Å². The average molecular weight is 396 g/mol. The number of nitrogens with one attached hydrogen (secondary N) is 2. The Kier molecular flexibility index (Phi) is 5.98. The second-order valence-electron chi connectivity index (χ2n) is 5.86. The van der Waals surface area contributed by atoms with Gasteiger partial charge in [-0.15, -0.1) is 0 Å². The van der Waals surface area contributed by atoms with Crippen molar-refractivity contribution in [3.63, 3.8) is 0 Å². The van der Waals surface area contributed by atoms with Crippen LogP contribution in [0.3, 0.4) is 0 Å². The zero-order chi connectivity index (χ0) is 20.8. The number of amides is 1. The highest BCUT2D eigenvalue weighted by molar-refractivity contribution is 5.96. The third kappa shape index (κ3) is 4.29. The van der Waals surface area contributed by atoms with Crippen molar-refractivity contribution in [3.8, 4) is 34.3 Å². The summed E-state index contributed by atoms with van der Waals surface area (Å²) < 4.78 is 15.6. The molecule has 150 valence electrons. The molecule has 0 saturated carbocycles. The Bertz CT molecular complexity index is 1050. The Hall–Kier alpha value is -4.01. The molecule has 1 amide bonds. The van der Waals surface area contributed by atoms with Crippen LogP contribution >= 0.6 is 0 Å². The number of phenolic OH excluding ortho intramolecular Hbond substituents is 1. The van der Waals surface area contributed by atoms with Gasteiger partial charge in [0.1, 0.15) is 0 Å². The number of hydrogen-bond acceptors (Lipinski definition) is 7. The number of ether oxygens (including phenoxy) is 3. The molecule has 9 nitrogen and oxygen atoms in total. The standard InChI is InChI=1S/C20H20N4O5/c1-27-16-7-5-12(8-18(16)29-3)19-14(10-21-23-19)11-22-24-20(26)13-4-6-15(25)17(9-13)28-2/h4-11,25H,1-3H3,(H,21,23)(H,24,26). The summed E-state index contributed by atoms with van der Waals surface area (Å²) in [5.74, 6) is 0.896. The van der Waals surface area contributed by atoms with Gasteiger partial charge in [0.2, 0.25) is 0 Å². The maximum absolute atomic E-state index is 12.2. The summed E-state index contributed by atoms with van der Waals surface area (Å²) >= 11 is 0. The van der Waals surface area contributed by atoms with Crippen LogP contribution in [0.5, 0.6) is 23.0 Å². The molecule has 0 radical (unpaired) electrons. The van der Waals surface area contributed by atoms with Gasteiger partial charge in [-0.1, -0.05) is 0 Å². The molecule has 1 heterocycles. The molecule has 0 spiro atoms. The van der Waals surface area contributed by atoms with Gasteiger partial charge in [-0.25, -0.2) is 5.43 Å². The normalized spacial score (nSPS) is 10.7. The average Bonchev–Trinajstić information content (AvgIpc) is 3.21. The first kappa shape index (κ1) is 19.7. The Morgan fingerprint density at radius 1 is 1.07 bits per heavy atom. The predicted molar refractivity (Wildman–Crippen MR) is 107 cm³/mol. The topological polar surface area (TPSA) is 118 Å². The van der Waals surface area contributed by atoms with Gasteiger partial charge >= 0.3 is 0 Å². The quantitative estimate of drug-likeness (QED) is 0.417. The number of nitrogens with zero attached hydrogens (tertiary/aromatic N) is 2. The van der Waals surface area contributed by atoms with E-state index in [1.807, 2.05) is 12.1 Å². The van der Waals surface area contributed by atoms with Crippen LogP contribution in [0.1, 0.15) is 15.9 Å². The summed E-state index contributed by atoms with van der Waals surface area (Å²) in [6.07, 6.45) is 3.07. The summed E-state index contributed by atoms with van der Waals surface area (Å²) in [5.41, 5.74) is 4.92. The molecule has 0 unspecified atom stereocenters. The lowest BCUT2D eigenvalue weighted by atomic mass is 10.1. The van der Waals surface area contributed by atoms with Gasteiger partial charge < -0.3 is 19.3 Å². The number of H-pyrrole nitrogens is 1. The maximum Gasteiger partial charge on any atom is 0.271 e. The van der Waals surface area contributed by atoms with Crippen molar-refractivity contribution in [2.24, 2.45) is 5.10 Å². The van der Waals surface area contributed by atoms with Gasteiger partial charge in [0.25, 0.3) is 5.91 Å². The molecule has 0 aliphatic carbocycles. The number of phenols is 1. The Balaban J connectivity index is 1.76. The number of hydrazone groups is 1. The van der Waals surface area contributed by atoms with E-state index in [2.05, 4.69) is 20.7 Å². The largest absolute Gasteiger partial charge is 0.504 e. The molecule has 0 aliphatic rings. The number of aromatic hydroxyl groups is 1. The fourth-order valence-electron chi connectivity index (χ4n) is 2.66. The van der Waals surface area contributed by atoms with Gasteiger partial charge in [0.05, 0.1) is 39.4 Å². The van der Waals surface area contributed by atoms with E-state index in [4.69, 9.17) is 14.2 Å². The van der Waals surface area contributed by atoms with Crippen molar-refractivity contribution in [1.82, 2.24) is 15.6 Å². The molecule has 2 aromatic carbocycles. The number of benzene rings is 2. The summed E-state index contributed by atoms with van der Waals surface area (Å²) in [5, 5.41) is 20.5. The first-order chi connectivity index (χ1) is 14.1. The van der Waals surface area contributed by atoms with Crippen LogP contribution in [0.15, 0.2) is 47.7 Å². The van der Waals surface area contributed by atoms with Crippen molar-refractivity contribution < 1.29 is 24.1 Å². The minimum absolute atomic E-state index is 0.0505. The van der Waals surface area contributed by atoms with Gasteiger partial charge in [0.15, 0.2) is 23.0 Å². The van der Waals surface area contributed by atoms with Crippen molar-refractivity contribution in [2.45, 2.75) is 0 Å². The maximum atomic E-state index is 12.2. The molecule has 3 rings (SSSR count). The Labute approximate surface area is 166 Å². The third-order valence-electron chi connectivity index (χ3n) is 4.15. The van der Waals surface area contributed by atoms with Crippen molar-refractivity contribution in [3.05, 3.63) is 53.7 Å². The highest BCUT2D eigenvalue weighted by atomic mass is 16.5. The number of carbonyl (C=O) groups excluding carboxylic acids is 1. The van der Waals surface area contributed by atoms with Crippen LogP contribution in [-0.2, 0) is 0 Å². The number of hydrogen-bond donors (Lipinski definition) is 3. The monoisotopic (exact) mass is 396 g/mol. The third-order valence-corrected chi connectivity index (χ3v) is 4.15. The summed E-state index contributed by atoms with van der Waals surface area (Å²) in [7, 11) is 4.53. The minimum Gasteiger partial charge on any atom is -0.504 e. The lowest BCUT2D eigenvalue weighted by Gasteiger charge is -2.09. The molecule has 0 aliphatic heterocycles. The second kappa shape index (κ2) is 8.79. The second-order valence-corrected chi connectivity index (χ2v) is 5.86. The van der Waals surface area contributed by atoms with Crippen LogP contribution in [0.4, 0.5) is 0 Å². The summed E-state index contributed by atoms with van der Waals surface area (Å²) in [6, 6.07) is 9.72. The van der Waals surface area contributed by atoms with Crippen LogP contribution in [-0.4, -0.2) is 48.8 Å².